The largest absolute Gasteiger partial charge is 0.330 e. The summed E-state index contributed by atoms with van der Waals surface area (Å²) in [5.41, 5.74) is 6.76. The lowest BCUT2D eigenvalue weighted by atomic mass is 9.81. The van der Waals surface area contributed by atoms with Gasteiger partial charge in [0.05, 0.1) is 0 Å². The number of halogens is 2. The molecule has 0 aromatic heterocycles. The average molecular weight is 230 g/mol. The Bertz CT molecular complexity index is 361. The molecule has 0 radical (unpaired) electrons. The maximum absolute atomic E-state index is 13.4. The highest BCUT2D eigenvalue weighted by molar-refractivity contribution is 6.31. The molecule has 0 aliphatic rings. The van der Waals surface area contributed by atoms with Crippen molar-refractivity contribution < 1.29 is 4.39 Å². The summed E-state index contributed by atoms with van der Waals surface area (Å²) in [6.45, 7) is 6.32. The molecule has 1 nitrogen and oxygen atoms in total. The molecule has 0 amide bonds. The minimum Gasteiger partial charge on any atom is -0.330 e. The van der Waals surface area contributed by atoms with Gasteiger partial charge >= 0.3 is 0 Å². The van der Waals surface area contributed by atoms with Crippen LogP contribution in [0.25, 0.3) is 0 Å². The van der Waals surface area contributed by atoms with Gasteiger partial charge in [0.25, 0.3) is 0 Å². The van der Waals surface area contributed by atoms with Crippen molar-refractivity contribution in [2.24, 2.45) is 5.73 Å². The topological polar surface area (TPSA) is 26.0 Å². The minimum absolute atomic E-state index is 0.180. The van der Waals surface area contributed by atoms with Crippen molar-refractivity contribution in [2.45, 2.75) is 32.6 Å². The zero-order chi connectivity index (χ0) is 11.6. The molecule has 0 spiro atoms. The van der Waals surface area contributed by atoms with Crippen molar-refractivity contribution in [1.82, 2.24) is 0 Å². The number of hydrogen-bond donors (Lipinski definition) is 1. The third-order valence-corrected chi connectivity index (χ3v) is 3.06. The van der Waals surface area contributed by atoms with Crippen molar-refractivity contribution >= 4 is 11.6 Å². The van der Waals surface area contributed by atoms with Gasteiger partial charge in [-0.1, -0.05) is 25.4 Å². The molecule has 2 N–H and O–H groups in total. The average Bonchev–Trinajstić information content (AvgIpc) is 2.11. The van der Waals surface area contributed by atoms with Crippen molar-refractivity contribution in [3.8, 4) is 0 Å². The third kappa shape index (κ3) is 2.70. The highest BCUT2D eigenvalue weighted by Gasteiger charge is 2.23. The predicted molar refractivity (Wildman–Crippen MR) is 62.8 cm³/mol. The Kier molecular flexibility index (Phi) is 3.74. The van der Waals surface area contributed by atoms with Crippen LogP contribution >= 0.6 is 11.6 Å². The summed E-state index contributed by atoms with van der Waals surface area (Å²) < 4.78 is 13.4. The van der Waals surface area contributed by atoms with Gasteiger partial charge in [0.1, 0.15) is 5.82 Å². The van der Waals surface area contributed by atoms with E-state index >= 15 is 0 Å². The first-order valence-corrected chi connectivity index (χ1v) is 5.42. The Morgan fingerprint density at radius 1 is 1.40 bits per heavy atom. The van der Waals surface area contributed by atoms with E-state index in [4.69, 9.17) is 17.3 Å². The van der Waals surface area contributed by atoms with E-state index in [1.165, 1.54) is 6.07 Å². The highest BCUT2D eigenvalue weighted by Crippen LogP contribution is 2.33. The summed E-state index contributed by atoms with van der Waals surface area (Å²) in [5, 5.41) is 0.618. The molecule has 0 atom stereocenters. The van der Waals surface area contributed by atoms with Crippen molar-refractivity contribution in [3.63, 3.8) is 0 Å². The first-order valence-electron chi connectivity index (χ1n) is 5.04. The first kappa shape index (κ1) is 12.5. The molecular weight excluding hydrogens is 213 g/mol. The minimum atomic E-state index is -0.209. The van der Waals surface area contributed by atoms with Crippen molar-refractivity contribution in [2.75, 3.05) is 6.54 Å². The maximum atomic E-state index is 13.4. The molecular formula is C12H17ClFN. The van der Waals surface area contributed by atoms with Gasteiger partial charge in [0.15, 0.2) is 0 Å². The summed E-state index contributed by atoms with van der Waals surface area (Å²) >= 11 is 6.11. The fourth-order valence-corrected chi connectivity index (χ4v) is 2.13. The summed E-state index contributed by atoms with van der Waals surface area (Å²) in [6.07, 6.45) is 0.787. The quantitative estimate of drug-likeness (QED) is 0.845. The molecule has 0 heterocycles. The number of rotatable bonds is 3. The van der Waals surface area contributed by atoms with Gasteiger partial charge in [-0.2, -0.15) is 0 Å². The molecule has 1 aromatic rings. The molecule has 1 rings (SSSR count). The van der Waals surface area contributed by atoms with Gasteiger partial charge in [-0.3, -0.25) is 0 Å². The van der Waals surface area contributed by atoms with Crippen LogP contribution in [0.5, 0.6) is 0 Å². The summed E-state index contributed by atoms with van der Waals surface area (Å²) in [7, 11) is 0. The molecule has 0 saturated carbocycles. The second-order valence-corrected chi connectivity index (χ2v) is 4.91. The van der Waals surface area contributed by atoms with E-state index in [1.807, 2.05) is 13.8 Å². The molecule has 0 aliphatic heterocycles. The number of aryl methyl sites for hydroxylation is 1. The van der Waals surface area contributed by atoms with E-state index in [1.54, 1.807) is 13.0 Å². The normalized spacial score (nSPS) is 11.9. The fraction of sp³-hybridized carbons (Fsp3) is 0.500. The SMILES string of the molecule is Cc1cc(Cl)c(C(C)(C)CCN)cc1F. The van der Waals surface area contributed by atoms with Crippen LogP contribution in [0.2, 0.25) is 5.02 Å². The molecule has 0 fully saturated rings. The monoisotopic (exact) mass is 229 g/mol. The second-order valence-electron chi connectivity index (χ2n) is 4.50. The Balaban J connectivity index is 3.19. The number of hydrogen-bond acceptors (Lipinski definition) is 1. The molecule has 0 saturated heterocycles. The molecule has 15 heavy (non-hydrogen) atoms. The van der Waals surface area contributed by atoms with Crippen LogP contribution in [-0.4, -0.2) is 6.54 Å². The fourth-order valence-electron chi connectivity index (χ4n) is 1.66. The standard InChI is InChI=1S/C12H17ClFN/c1-8-6-10(13)9(7-11(8)14)12(2,3)4-5-15/h6-7H,4-5,15H2,1-3H3. The molecule has 3 heteroatoms. The summed E-state index contributed by atoms with van der Waals surface area (Å²) in [4.78, 5) is 0. The van der Waals surface area contributed by atoms with Crippen molar-refractivity contribution in [3.05, 3.63) is 34.1 Å². The maximum Gasteiger partial charge on any atom is 0.126 e. The summed E-state index contributed by atoms with van der Waals surface area (Å²) in [6, 6.07) is 3.19. The van der Waals surface area contributed by atoms with E-state index in [-0.39, 0.29) is 11.2 Å². The molecule has 0 aliphatic carbocycles. The molecule has 84 valence electrons. The smallest absolute Gasteiger partial charge is 0.126 e. The van der Waals surface area contributed by atoms with Crippen LogP contribution in [0, 0.1) is 12.7 Å². The summed E-state index contributed by atoms with van der Waals surface area (Å²) in [5.74, 6) is -0.209. The Labute approximate surface area is 95.4 Å². The first-order chi connectivity index (χ1) is 6.88. The van der Waals surface area contributed by atoms with E-state index in [0.717, 1.165) is 12.0 Å². The third-order valence-electron chi connectivity index (χ3n) is 2.75. The van der Waals surface area contributed by atoms with E-state index < -0.39 is 0 Å². The van der Waals surface area contributed by atoms with Gasteiger partial charge < -0.3 is 5.73 Å². The Morgan fingerprint density at radius 3 is 2.53 bits per heavy atom. The van der Waals surface area contributed by atoms with Crippen LogP contribution in [0.15, 0.2) is 12.1 Å². The highest BCUT2D eigenvalue weighted by atomic mass is 35.5. The van der Waals surface area contributed by atoms with E-state index in [0.29, 0.717) is 17.1 Å². The second kappa shape index (κ2) is 4.50. The Hall–Kier alpha value is -0.600. The van der Waals surface area contributed by atoms with Crippen LogP contribution in [0.1, 0.15) is 31.4 Å². The zero-order valence-corrected chi connectivity index (χ0v) is 10.2. The lowest BCUT2D eigenvalue weighted by Crippen LogP contribution is -2.22. The lowest BCUT2D eigenvalue weighted by molar-refractivity contribution is 0.483. The van der Waals surface area contributed by atoms with E-state index in [2.05, 4.69) is 0 Å². The van der Waals surface area contributed by atoms with Gasteiger partial charge in [-0.05, 0) is 48.6 Å². The Morgan fingerprint density at radius 2 is 2.00 bits per heavy atom. The van der Waals surface area contributed by atoms with Gasteiger partial charge in [0, 0.05) is 5.02 Å². The number of nitrogens with two attached hydrogens (primary N) is 1. The molecule has 0 unspecified atom stereocenters. The van der Waals surface area contributed by atoms with Crippen LogP contribution in [-0.2, 0) is 5.41 Å². The van der Waals surface area contributed by atoms with Gasteiger partial charge in [-0.25, -0.2) is 4.39 Å². The van der Waals surface area contributed by atoms with Crippen LogP contribution in [0.4, 0.5) is 4.39 Å². The zero-order valence-electron chi connectivity index (χ0n) is 9.40. The predicted octanol–water partition coefficient (Wildman–Crippen LogP) is 3.41. The molecule has 1 aromatic carbocycles. The molecule has 0 bridgehead atoms. The number of benzene rings is 1. The van der Waals surface area contributed by atoms with Crippen LogP contribution in [0.3, 0.4) is 0 Å². The lowest BCUT2D eigenvalue weighted by Gasteiger charge is -2.26. The van der Waals surface area contributed by atoms with Gasteiger partial charge in [0.2, 0.25) is 0 Å². The van der Waals surface area contributed by atoms with Gasteiger partial charge in [-0.15, -0.1) is 0 Å². The van der Waals surface area contributed by atoms with Crippen molar-refractivity contribution in [1.29, 1.82) is 0 Å². The van der Waals surface area contributed by atoms with Crippen LogP contribution < -0.4 is 5.73 Å². The van der Waals surface area contributed by atoms with E-state index in [9.17, 15) is 4.39 Å².